The lowest BCUT2D eigenvalue weighted by atomic mass is 10.0. The Balaban J connectivity index is 1.40. The first kappa shape index (κ1) is 11.2. The van der Waals surface area contributed by atoms with Gasteiger partial charge in [0.25, 0.3) is 0 Å². The molecule has 0 aliphatic rings. The largest absolute Gasteiger partial charge is 0.309 e. The van der Waals surface area contributed by atoms with Gasteiger partial charge in [0, 0.05) is 33.2 Å². The molecule has 49 heavy (non-hydrogen) atoms. The number of nitrogens with zero attached hydrogens (tertiary/aromatic N) is 4. The maximum atomic E-state index is 9.49. The number of hydrogen-bond acceptors (Lipinski definition) is 3. The Labute approximate surface area is 326 Å². The molecular weight excluding hydrogens is 597 g/mol. The van der Waals surface area contributed by atoms with Crippen molar-refractivity contribution in [2.75, 3.05) is 0 Å². The molecular formula is C45H30N4. The lowest BCUT2D eigenvalue weighted by Crippen LogP contribution is -2.00. The average molecular weight is 657 g/mol. The quantitative estimate of drug-likeness (QED) is 0.179. The van der Waals surface area contributed by atoms with Gasteiger partial charge in [0.2, 0.25) is 0 Å². The van der Waals surface area contributed by atoms with Crippen molar-refractivity contribution in [2.45, 2.75) is 0 Å². The average Bonchev–Trinajstić information content (AvgIpc) is 3.84. The van der Waals surface area contributed by atoms with Crippen LogP contribution in [0, 0.1) is 0 Å². The number of benzene rings is 7. The van der Waals surface area contributed by atoms with Gasteiger partial charge in [-0.3, -0.25) is 0 Å². The van der Waals surface area contributed by atoms with Gasteiger partial charge < -0.3 is 4.57 Å². The fourth-order valence-electron chi connectivity index (χ4n) is 4.77. The summed E-state index contributed by atoms with van der Waals surface area (Å²) in [5, 5.41) is -1.19. The van der Waals surface area contributed by atoms with E-state index in [1.165, 1.54) is 0 Å². The van der Waals surface area contributed by atoms with Gasteiger partial charge in [-0.15, -0.1) is 0 Å². The minimum absolute atomic E-state index is 0.586. The molecule has 0 radical (unpaired) electrons. The Kier molecular flexibility index (Phi) is 2.79. The van der Waals surface area contributed by atoms with Crippen molar-refractivity contribution in [3.63, 3.8) is 0 Å². The highest BCUT2D eigenvalue weighted by molar-refractivity contribution is 6.10. The molecule has 7 aromatic carbocycles. The second-order valence-electron chi connectivity index (χ2n) is 9.81. The fraction of sp³-hybridized carbons (Fsp3) is 0. The first-order valence-electron chi connectivity index (χ1n) is 29.0. The monoisotopic (exact) mass is 656 g/mol. The summed E-state index contributed by atoms with van der Waals surface area (Å²) in [6.45, 7) is 0. The molecule has 0 spiro atoms. The third-order valence-corrected chi connectivity index (χ3v) is 6.92. The van der Waals surface area contributed by atoms with Crippen LogP contribution in [0.5, 0.6) is 0 Å². The van der Waals surface area contributed by atoms with Crippen LogP contribution in [0.2, 0.25) is 0 Å². The summed E-state index contributed by atoms with van der Waals surface area (Å²) >= 11 is 0. The summed E-state index contributed by atoms with van der Waals surface area (Å²) in [5.41, 5.74) is -7.73. The summed E-state index contributed by atoms with van der Waals surface area (Å²) in [6.07, 6.45) is 0. The van der Waals surface area contributed by atoms with Crippen molar-refractivity contribution in [3.05, 3.63) is 181 Å². The predicted octanol–water partition coefficient (Wildman–Crippen LogP) is 11.3. The normalized spacial score (nSPS) is 19.8. The van der Waals surface area contributed by atoms with Crippen LogP contribution in [0.1, 0.15) is 41.1 Å². The molecule has 0 N–H and O–H groups in total. The zero-order chi connectivity index (χ0) is 58.7. The van der Waals surface area contributed by atoms with E-state index >= 15 is 0 Å². The second kappa shape index (κ2) is 12.2. The third kappa shape index (κ3) is 5.35. The molecule has 0 atom stereocenters. The van der Waals surface area contributed by atoms with E-state index in [-0.39, 0.29) is 0 Å². The highest BCUT2D eigenvalue weighted by atomic mass is 15.0. The molecule has 0 bridgehead atoms. The smallest absolute Gasteiger partial charge is 0.164 e. The topological polar surface area (TPSA) is 43.6 Å². The number of hydrogen-bond donors (Lipinski definition) is 0. The summed E-state index contributed by atoms with van der Waals surface area (Å²) in [4.78, 5) is 12.7. The van der Waals surface area contributed by atoms with Gasteiger partial charge >= 0.3 is 0 Å². The minimum Gasteiger partial charge on any atom is -0.309 e. The van der Waals surface area contributed by atoms with Crippen molar-refractivity contribution in [2.24, 2.45) is 0 Å². The van der Waals surface area contributed by atoms with Crippen LogP contribution in [0.15, 0.2) is 181 Å². The molecule has 9 aromatic rings. The predicted molar refractivity (Wildman–Crippen MR) is 201 cm³/mol. The number of para-hydroxylation sites is 1. The zero-order valence-electron chi connectivity index (χ0n) is 54.3. The Bertz CT molecular complexity index is 4180. The van der Waals surface area contributed by atoms with Gasteiger partial charge in [-0.05, 0) is 64.6 Å². The standard InChI is InChI=1S/C45H30N4/c1-4-12-31(13-5-1)33-20-22-35(23-21-33)44-46-43(34-16-8-3-9-17-34)47-45(48-44)36-24-27-38(28-25-36)49-41-19-11-10-18-39(41)40-30-37(26-29-42(40)49)32-14-6-2-7-15-32/h1-30H/i1D,2D,3D,4D,5D,6D,7D,8D,9D,10D,11D,12D,13D,14D,15D,16D,17D,18D,19D,20D,21D,22D,23D,24D,25D,26D,27D,28D,29D,30D. The maximum Gasteiger partial charge on any atom is 0.164 e. The van der Waals surface area contributed by atoms with Gasteiger partial charge in [0.15, 0.2) is 17.5 Å². The van der Waals surface area contributed by atoms with E-state index in [1.54, 1.807) is 0 Å². The van der Waals surface area contributed by atoms with E-state index in [2.05, 4.69) is 15.0 Å². The van der Waals surface area contributed by atoms with Crippen LogP contribution in [0.3, 0.4) is 0 Å². The van der Waals surface area contributed by atoms with Crippen molar-refractivity contribution in [3.8, 4) is 62.1 Å². The molecule has 0 fully saturated rings. The molecule has 2 heterocycles. The van der Waals surface area contributed by atoms with E-state index in [9.17, 15) is 8.22 Å². The summed E-state index contributed by atoms with van der Waals surface area (Å²) in [7, 11) is 0. The molecule has 4 heteroatoms. The van der Waals surface area contributed by atoms with Crippen LogP contribution in [-0.4, -0.2) is 19.5 Å². The van der Waals surface area contributed by atoms with Gasteiger partial charge in [0.05, 0.1) is 52.2 Å². The highest BCUT2D eigenvalue weighted by Crippen LogP contribution is 2.35. The molecule has 0 saturated carbocycles. The first-order valence-corrected chi connectivity index (χ1v) is 14.0. The molecule has 230 valence electrons. The van der Waals surface area contributed by atoms with Crippen molar-refractivity contribution < 1.29 is 41.1 Å². The molecule has 0 amide bonds. The number of aromatic nitrogens is 4. The molecule has 2 aromatic heterocycles. The lowest BCUT2D eigenvalue weighted by molar-refractivity contribution is 1.07. The SMILES string of the molecule is [2H]c1c([2H])c([2H])c(-c2nc(-c3c([2H])c([2H])c(-c4c([2H])c([2H])c([2H])c([2H])c4[2H])c([2H])c3[2H])nc(-c3c([2H])c([2H])c(-n4c5c([2H])c([2H])c([2H])c([2H])c5c5c([2H])c(-c6c([2H])c([2H])c([2H])c([2H])c6[2H])c([2H])c([2H])c54)c([2H])c3[2H])n2)c([2H])c1[2H]. The van der Waals surface area contributed by atoms with E-state index in [0.29, 0.717) is 4.57 Å². The van der Waals surface area contributed by atoms with Crippen molar-refractivity contribution in [1.82, 2.24) is 19.5 Å². The molecule has 0 saturated heterocycles. The van der Waals surface area contributed by atoms with Gasteiger partial charge in [-0.2, -0.15) is 0 Å². The zero-order valence-corrected chi connectivity index (χ0v) is 24.3. The van der Waals surface area contributed by atoms with Gasteiger partial charge in [-0.1, -0.05) is 139 Å². The Morgan fingerprint density at radius 1 is 0.327 bits per heavy atom. The summed E-state index contributed by atoms with van der Waals surface area (Å²) in [6, 6.07) is -28.5. The Hall–Kier alpha value is -6.65. The molecule has 4 nitrogen and oxygen atoms in total. The Morgan fingerprint density at radius 2 is 0.714 bits per heavy atom. The minimum atomic E-state index is -1.12. The van der Waals surface area contributed by atoms with Crippen LogP contribution in [0.25, 0.3) is 83.9 Å². The molecule has 0 aliphatic heterocycles. The number of fused-ring (bicyclic) bond motifs is 3. The van der Waals surface area contributed by atoms with E-state index in [4.69, 9.17) is 32.9 Å². The van der Waals surface area contributed by atoms with E-state index < -0.39 is 265 Å². The van der Waals surface area contributed by atoms with Crippen LogP contribution >= 0.6 is 0 Å². The highest BCUT2D eigenvalue weighted by Gasteiger charge is 2.15. The van der Waals surface area contributed by atoms with E-state index in [1.807, 2.05) is 0 Å². The molecule has 0 aliphatic carbocycles. The first-order chi connectivity index (χ1) is 36.8. The Morgan fingerprint density at radius 3 is 1.31 bits per heavy atom. The van der Waals surface area contributed by atoms with Crippen LogP contribution in [0.4, 0.5) is 0 Å². The second-order valence-corrected chi connectivity index (χ2v) is 9.81. The number of rotatable bonds is 6. The van der Waals surface area contributed by atoms with Crippen molar-refractivity contribution >= 4 is 21.8 Å². The van der Waals surface area contributed by atoms with Crippen LogP contribution < -0.4 is 0 Å². The lowest BCUT2D eigenvalue weighted by Gasteiger charge is -2.11. The summed E-state index contributed by atoms with van der Waals surface area (Å²) < 4.78 is 263. The summed E-state index contributed by atoms with van der Waals surface area (Å²) in [5.74, 6) is -2.75. The molecule has 0 unspecified atom stereocenters. The fourth-order valence-corrected chi connectivity index (χ4v) is 4.77. The van der Waals surface area contributed by atoms with E-state index in [0.717, 1.165) is 0 Å². The van der Waals surface area contributed by atoms with Crippen LogP contribution in [-0.2, 0) is 0 Å². The van der Waals surface area contributed by atoms with Gasteiger partial charge in [0.1, 0.15) is 0 Å². The van der Waals surface area contributed by atoms with Crippen molar-refractivity contribution in [1.29, 1.82) is 0 Å². The molecule has 9 rings (SSSR count). The maximum absolute atomic E-state index is 9.49. The van der Waals surface area contributed by atoms with Gasteiger partial charge in [-0.25, -0.2) is 15.0 Å². The third-order valence-electron chi connectivity index (χ3n) is 6.92.